The predicted octanol–water partition coefficient (Wildman–Crippen LogP) is 1.21. The number of fused-ring (bicyclic) bond motifs is 1. The molecule has 0 spiro atoms. The molecule has 2 aliphatic heterocycles. The first-order chi connectivity index (χ1) is 14.5. The highest BCUT2D eigenvalue weighted by Gasteiger charge is 2.39. The Morgan fingerprint density at radius 2 is 1.90 bits per heavy atom. The molecule has 1 N–H and O–H groups in total. The molecule has 1 atom stereocenters. The number of hydrogen-bond donors (Lipinski definition) is 1. The molecule has 1 aromatic heterocycles. The van der Waals surface area contributed by atoms with Gasteiger partial charge in [0.25, 0.3) is 10.0 Å². The van der Waals surface area contributed by atoms with Gasteiger partial charge in [0, 0.05) is 17.8 Å². The van der Waals surface area contributed by atoms with Crippen LogP contribution in [0.4, 0.5) is 5.69 Å². The third kappa shape index (κ3) is 3.12. The van der Waals surface area contributed by atoms with Crippen LogP contribution in [-0.2, 0) is 14.8 Å². The minimum absolute atomic E-state index is 0.184. The van der Waals surface area contributed by atoms with Crippen molar-refractivity contribution in [1.29, 1.82) is 0 Å². The number of aromatic nitrogens is 4. The van der Waals surface area contributed by atoms with Crippen molar-refractivity contribution in [2.75, 3.05) is 11.9 Å². The second-order valence-electron chi connectivity index (χ2n) is 7.03. The van der Waals surface area contributed by atoms with Crippen molar-refractivity contribution in [1.82, 2.24) is 25.1 Å². The number of amides is 1. The Labute approximate surface area is 172 Å². The van der Waals surface area contributed by atoms with Gasteiger partial charge in [-0.2, -0.15) is 8.42 Å². The van der Waals surface area contributed by atoms with E-state index in [1.807, 2.05) is 0 Å². The Morgan fingerprint density at radius 3 is 2.67 bits per heavy atom. The molecule has 2 aliphatic rings. The Hall–Kier alpha value is -3.60. The van der Waals surface area contributed by atoms with Gasteiger partial charge in [0.1, 0.15) is 17.3 Å². The molecule has 0 radical (unpaired) electrons. The second kappa shape index (κ2) is 7.02. The van der Waals surface area contributed by atoms with Crippen molar-refractivity contribution in [2.24, 2.45) is 4.40 Å². The summed E-state index contributed by atoms with van der Waals surface area (Å²) in [5.74, 6) is 0.143. The van der Waals surface area contributed by atoms with E-state index < -0.39 is 16.1 Å². The first kappa shape index (κ1) is 18.4. The molecule has 5 rings (SSSR count). The molecule has 11 heteroatoms. The summed E-state index contributed by atoms with van der Waals surface area (Å²) < 4.78 is 30.3. The van der Waals surface area contributed by atoms with Crippen LogP contribution in [0.25, 0.3) is 5.69 Å². The van der Waals surface area contributed by atoms with E-state index in [9.17, 15) is 13.2 Å². The van der Waals surface area contributed by atoms with Crippen LogP contribution in [0, 0.1) is 0 Å². The molecule has 0 unspecified atom stereocenters. The highest BCUT2D eigenvalue weighted by atomic mass is 32.2. The van der Waals surface area contributed by atoms with Crippen LogP contribution < -0.4 is 5.32 Å². The molecular formula is C19H17N7O3S. The molecule has 1 amide bonds. The lowest BCUT2D eigenvalue weighted by molar-refractivity contribution is -0.119. The summed E-state index contributed by atoms with van der Waals surface area (Å²) in [6.07, 6.45) is 2.88. The van der Waals surface area contributed by atoms with Crippen molar-refractivity contribution < 1.29 is 13.2 Å². The summed E-state index contributed by atoms with van der Waals surface area (Å²) in [4.78, 5) is 14.9. The highest BCUT2D eigenvalue weighted by Crippen LogP contribution is 2.31. The van der Waals surface area contributed by atoms with Crippen LogP contribution in [0.5, 0.6) is 0 Å². The van der Waals surface area contributed by atoms with E-state index in [-0.39, 0.29) is 10.8 Å². The van der Waals surface area contributed by atoms with E-state index in [1.54, 1.807) is 53.4 Å². The number of tetrazole rings is 1. The molecular weight excluding hydrogens is 406 g/mol. The number of carbonyl (C=O) groups excluding carboxylic acids is 1. The first-order valence-electron chi connectivity index (χ1n) is 9.38. The standard InChI is InChI=1S/C19H17N7O3S/c27-19(21-13-7-9-14(10-8-13)26-12-20-23-24-26)16-5-3-11-25(16)18-15-4-1-2-6-17(15)30(28,29)22-18/h1-2,4,6-10,12,16H,3,5,11H2,(H,21,27)/t16-/m0/s1. The summed E-state index contributed by atoms with van der Waals surface area (Å²) >= 11 is 0. The fourth-order valence-corrected chi connectivity index (χ4v) is 5.01. The van der Waals surface area contributed by atoms with Crippen LogP contribution in [-0.4, -0.2) is 57.9 Å². The SMILES string of the molecule is O=C(Nc1ccc(-n2cnnn2)cc1)[C@@H]1CCCN1C1=NS(=O)(=O)c2ccccc21. The average Bonchev–Trinajstić information content (AvgIpc) is 3.48. The van der Waals surface area contributed by atoms with E-state index in [1.165, 1.54) is 11.0 Å². The van der Waals surface area contributed by atoms with Crippen LogP contribution in [0.15, 0.2) is 64.2 Å². The molecule has 3 aromatic rings. The van der Waals surface area contributed by atoms with Crippen molar-refractivity contribution >= 4 is 27.5 Å². The number of nitrogens with one attached hydrogen (secondary N) is 1. The second-order valence-corrected chi connectivity index (χ2v) is 8.60. The molecule has 1 saturated heterocycles. The third-order valence-corrected chi connectivity index (χ3v) is 6.51. The van der Waals surface area contributed by atoms with Crippen molar-refractivity contribution in [3.8, 4) is 5.69 Å². The average molecular weight is 423 g/mol. The lowest BCUT2D eigenvalue weighted by Crippen LogP contribution is -2.43. The Morgan fingerprint density at radius 1 is 1.10 bits per heavy atom. The third-order valence-electron chi connectivity index (χ3n) is 5.19. The van der Waals surface area contributed by atoms with Gasteiger partial charge in [-0.1, -0.05) is 12.1 Å². The van der Waals surface area contributed by atoms with E-state index in [2.05, 4.69) is 25.2 Å². The molecule has 0 saturated carbocycles. The zero-order chi connectivity index (χ0) is 20.7. The van der Waals surface area contributed by atoms with Gasteiger partial charge in [0.15, 0.2) is 5.84 Å². The molecule has 1 fully saturated rings. The largest absolute Gasteiger partial charge is 0.343 e. The Balaban J connectivity index is 1.36. The molecule has 30 heavy (non-hydrogen) atoms. The summed E-state index contributed by atoms with van der Waals surface area (Å²) in [5, 5.41) is 13.9. The van der Waals surface area contributed by atoms with Crippen molar-refractivity contribution in [3.05, 3.63) is 60.4 Å². The molecule has 10 nitrogen and oxygen atoms in total. The summed E-state index contributed by atoms with van der Waals surface area (Å²) in [6.45, 7) is 0.568. The number of carbonyl (C=O) groups is 1. The number of hydrogen-bond acceptors (Lipinski definition) is 7. The number of nitrogens with zero attached hydrogens (tertiary/aromatic N) is 6. The van der Waals surface area contributed by atoms with Crippen LogP contribution >= 0.6 is 0 Å². The summed E-state index contributed by atoms with van der Waals surface area (Å²) in [7, 11) is -3.73. The minimum Gasteiger partial charge on any atom is -0.343 e. The van der Waals surface area contributed by atoms with Crippen LogP contribution in [0.3, 0.4) is 0 Å². The topological polar surface area (TPSA) is 122 Å². The monoisotopic (exact) mass is 423 g/mol. The Kier molecular flexibility index (Phi) is 4.31. The minimum atomic E-state index is -3.73. The fraction of sp³-hybridized carbons (Fsp3) is 0.211. The van der Waals surface area contributed by atoms with Crippen LogP contribution in [0.2, 0.25) is 0 Å². The van der Waals surface area contributed by atoms with Gasteiger partial charge in [-0.05, 0) is 59.7 Å². The van der Waals surface area contributed by atoms with Crippen molar-refractivity contribution in [2.45, 2.75) is 23.8 Å². The zero-order valence-corrected chi connectivity index (χ0v) is 16.5. The fourth-order valence-electron chi connectivity index (χ4n) is 3.79. The van der Waals surface area contributed by atoms with E-state index in [4.69, 9.17) is 0 Å². The van der Waals surface area contributed by atoms with Crippen LogP contribution in [0.1, 0.15) is 18.4 Å². The van der Waals surface area contributed by atoms with Gasteiger partial charge >= 0.3 is 0 Å². The van der Waals surface area contributed by atoms with E-state index >= 15 is 0 Å². The molecule has 152 valence electrons. The Bertz CT molecular complexity index is 1240. The van der Waals surface area contributed by atoms with E-state index in [0.717, 1.165) is 12.1 Å². The molecule has 3 heterocycles. The summed E-state index contributed by atoms with van der Waals surface area (Å²) in [6, 6.07) is 13.3. The molecule has 0 aliphatic carbocycles. The number of anilines is 1. The summed E-state index contributed by atoms with van der Waals surface area (Å²) in [5.41, 5.74) is 1.94. The lowest BCUT2D eigenvalue weighted by atomic mass is 10.1. The predicted molar refractivity (Wildman–Crippen MR) is 108 cm³/mol. The first-order valence-corrected chi connectivity index (χ1v) is 10.8. The van der Waals surface area contributed by atoms with Gasteiger partial charge in [-0.25, -0.2) is 4.68 Å². The van der Waals surface area contributed by atoms with Gasteiger partial charge in [0.05, 0.1) is 5.69 Å². The van der Waals surface area contributed by atoms with Gasteiger partial charge in [0.2, 0.25) is 5.91 Å². The van der Waals surface area contributed by atoms with E-state index in [0.29, 0.717) is 30.1 Å². The van der Waals surface area contributed by atoms with Crippen molar-refractivity contribution in [3.63, 3.8) is 0 Å². The molecule has 2 aromatic carbocycles. The number of benzene rings is 2. The zero-order valence-electron chi connectivity index (χ0n) is 15.7. The molecule has 0 bridgehead atoms. The number of sulfonamides is 1. The van der Waals surface area contributed by atoms with Gasteiger partial charge in [-0.15, -0.1) is 9.50 Å². The smallest absolute Gasteiger partial charge is 0.285 e. The van der Waals surface area contributed by atoms with Gasteiger partial charge in [-0.3, -0.25) is 4.79 Å². The lowest BCUT2D eigenvalue weighted by Gasteiger charge is -2.25. The maximum absolute atomic E-state index is 13.0. The number of likely N-dealkylation sites (tertiary alicyclic amines) is 1. The highest BCUT2D eigenvalue weighted by molar-refractivity contribution is 7.90. The van der Waals surface area contributed by atoms with Gasteiger partial charge < -0.3 is 10.2 Å². The maximum Gasteiger partial charge on any atom is 0.285 e. The maximum atomic E-state index is 13.0. The normalized spacial score (nSPS) is 19.4. The number of amidine groups is 1. The quantitative estimate of drug-likeness (QED) is 0.672. The number of rotatable bonds is 3.